The van der Waals surface area contributed by atoms with E-state index in [9.17, 15) is 4.79 Å². The lowest BCUT2D eigenvalue weighted by molar-refractivity contribution is -0.116. The van der Waals surface area contributed by atoms with Crippen LogP contribution in [0.3, 0.4) is 0 Å². The Balaban J connectivity index is 0.000000128. The number of para-hydroxylation sites is 2. The number of nitrogens with zero attached hydrogens (tertiary/aromatic N) is 3. The van der Waals surface area contributed by atoms with E-state index in [-0.39, 0.29) is 5.78 Å². The fourth-order valence-electron chi connectivity index (χ4n) is 8.56. The van der Waals surface area contributed by atoms with Crippen molar-refractivity contribution in [2.24, 2.45) is 18.9 Å². The van der Waals surface area contributed by atoms with E-state index in [1.807, 2.05) is 12.1 Å². The van der Waals surface area contributed by atoms with Crippen LogP contribution in [-0.4, -0.2) is 44.9 Å². The number of carbonyl (C=O) groups excluding carboxylic acids is 1. The third-order valence-electron chi connectivity index (χ3n) is 10.7. The summed E-state index contributed by atoms with van der Waals surface area (Å²) in [6.45, 7) is 2.40. The second kappa shape index (κ2) is 9.81. The van der Waals surface area contributed by atoms with Crippen LogP contribution in [0.1, 0.15) is 36.2 Å². The number of likely N-dealkylation sites (N-methyl/N-ethyl adjacent to an activating group) is 1. The number of benzene rings is 2. The van der Waals surface area contributed by atoms with Crippen LogP contribution in [0.15, 0.2) is 78.8 Å². The smallest absolute Gasteiger partial charge is 0.159 e. The van der Waals surface area contributed by atoms with Gasteiger partial charge in [0.2, 0.25) is 0 Å². The molecule has 4 atom stereocenters. The number of fused-ring (bicyclic) bond motifs is 16. The lowest BCUT2D eigenvalue weighted by Gasteiger charge is -2.52. The van der Waals surface area contributed by atoms with Crippen LogP contribution >= 0.6 is 0 Å². The molecule has 45 heavy (non-hydrogen) atoms. The monoisotopic (exact) mass is 594 g/mol. The molecule has 224 valence electrons. The van der Waals surface area contributed by atoms with Crippen LogP contribution in [0.5, 0.6) is 0 Å². The van der Waals surface area contributed by atoms with Crippen LogP contribution in [0.25, 0.3) is 56.1 Å². The molecule has 4 aliphatic heterocycles. The zero-order chi connectivity index (χ0) is 30.4. The van der Waals surface area contributed by atoms with Gasteiger partial charge in [0.15, 0.2) is 5.78 Å². The topological polar surface area (TPSA) is 72.4 Å². The summed E-state index contributed by atoms with van der Waals surface area (Å²) >= 11 is 0. The molecule has 0 aliphatic carbocycles. The molecule has 4 aromatic heterocycles. The molecule has 0 spiro atoms. The number of pyridine rings is 2. The first-order chi connectivity index (χ1) is 22.0. The second-order valence-electron chi connectivity index (χ2n) is 12.9. The summed E-state index contributed by atoms with van der Waals surface area (Å²) in [5.41, 5.74) is 10.5. The number of rotatable bonds is 1. The first-order valence-corrected chi connectivity index (χ1v) is 15.7. The van der Waals surface area contributed by atoms with Gasteiger partial charge in [-0.2, -0.15) is 0 Å². The average molecular weight is 595 g/mol. The van der Waals surface area contributed by atoms with Crippen molar-refractivity contribution >= 4 is 61.9 Å². The highest BCUT2D eigenvalue weighted by Gasteiger charge is 2.50. The first-order valence-electron chi connectivity index (χ1n) is 15.7. The molecule has 0 amide bonds. The van der Waals surface area contributed by atoms with Crippen molar-refractivity contribution in [2.75, 3.05) is 13.7 Å². The van der Waals surface area contributed by atoms with E-state index in [4.69, 9.17) is 14.5 Å². The zero-order valence-electron chi connectivity index (χ0n) is 25.6. The van der Waals surface area contributed by atoms with Gasteiger partial charge in [-0.05, 0) is 74.2 Å². The summed E-state index contributed by atoms with van der Waals surface area (Å²) < 4.78 is 13.4. The standard InChI is InChI=1S/C21H24N2O2.C17H10N2O/c1-12(24)16-10-25-11-17-14(16)8-20-21-15(9-19(17)22(20)2)13-6-4-5-7-18(13)23(21)3;1-2-4-14-11(3-1)12-8-15-13-9-20-6-5-10(13)7-16(18-15)17(12)19-14/h4-7,10,14,17,19-20H,8-9,11H2,1-3H3;1-9,19H/t14-,17+,19-,20-;/m0./s1. The van der Waals surface area contributed by atoms with Crippen molar-refractivity contribution < 1.29 is 14.3 Å². The largest absolute Gasteiger partial charge is 0.500 e. The number of allylic oxidation sites excluding steroid dienone is 1. The van der Waals surface area contributed by atoms with E-state index in [0.29, 0.717) is 23.9 Å². The van der Waals surface area contributed by atoms with Gasteiger partial charge >= 0.3 is 0 Å². The number of aromatic nitrogens is 3. The normalized spacial score (nSPS) is 23.3. The Hall–Kier alpha value is -4.88. The van der Waals surface area contributed by atoms with E-state index in [2.05, 4.69) is 83.1 Å². The van der Waals surface area contributed by atoms with Crippen molar-refractivity contribution in [3.63, 3.8) is 0 Å². The first kappa shape index (κ1) is 26.5. The number of carbonyl (C=O) groups is 1. The van der Waals surface area contributed by atoms with Gasteiger partial charge in [-0.3, -0.25) is 9.69 Å². The number of ether oxygens (including phenoxy) is 2. The summed E-state index contributed by atoms with van der Waals surface area (Å²) in [6, 6.07) is 22.1. The Morgan fingerprint density at radius 1 is 0.978 bits per heavy atom. The molecule has 0 unspecified atom stereocenters. The quantitative estimate of drug-likeness (QED) is 0.234. The van der Waals surface area contributed by atoms with Gasteiger partial charge < -0.3 is 19.0 Å². The maximum absolute atomic E-state index is 12.1. The van der Waals surface area contributed by atoms with Gasteiger partial charge in [0.05, 0.1) is 41.7 Å². The second-order valence-corrected chi connectivity index (χ2v) is 12.9. The Bertz CT molecular complexity index is 2310. The minimum Gasteiger partial charge on any atom is -0.500 e. The van der Waals surface area contributed by atoms with Crippen molar-refractivity contribution in [3.8, 4) is 0 Å². The number of hydrogen-bond acceptors (Lipinski definition) is 5. The minimum absolute atomic E-state index is 0.162. The molecule has 1 N–H and O–H groups in total. The van der Waals surface area contributed by atoms with Crippen molar-refractivity contribution in [1.82, 2.24) is 19.4 Å². The number of aryl methyl sites for hydroxylation is 1. The van der Waals surface area contributed by atoms with Crippen LogP contribution in [0.4, 0.5) is 0 Å². The van der Waals surface area contributed by atoms with Crippen LogP contribution in [0.2, 0.25) is 0 Å². The molecule has 4 aliphatic rings. The Kier molecular flexibility index (Phi) is 5.78. The van der Waals surface area contributed by atoms with Gasteiger partial charge in [-0.25, -0.2) is 4.98 Å². The number of ketones is 1. The molecule has 0 saturated carbocycles. The number of nitrogens with one attached hydrogen (secondary N) is 1. The Morgan fingerprint density at radius 3 is 2.67 bits per heavy atom. The van der Waals surface area contributed by atoms with E-state index in [1.54, 1.807) is 25.7 Å². The molecule has 2 aromatic carbocycles. The fraction of sp³-hybridized carbons (Fsp3) is 0.263. The van der Waals surface area contributed by atoms with Crippen LogP contribution in [0, 0.1) is 11.8 Å². The van der Waals surface area contributed by atoms with E-state index < -0.39 is 0 Å². The maximum Gasteiger partial charge on any atom is 0.159 e. The fourth-order valence-corrected chi connectivity index (χ4v) is 8.56. The van der Waals surface area contributed by atoms with E-state index >= 15 is 0 Å². The summed E-state index contributed by atoms with van der Waals surface area (Å²) in [5, 5.41) is 4.89. The summed E-state index contributed by atoms with van der Waals surface area (Å²) in [6.07, 6.45) is 9.21. The highest BCUT2D eigenvalue weighted by Crippen LogP contribution is 2.51. The minimum atomic E-state index is 0.162. The number of H-pyrrole nitrogens is 1. The summed E-state index contributed by atoms with van der Waals surface area (Å²) in [4.78, 5) is 22.8. The summed E-state index contributed by atoms with van der Waals surface area (Å²) in [7, 11) is 4.44. The molecule has 7 nitrogen and oxygen atoms in total. The highest BCUT2D eigenvalue weighted by molar-refractivity contribution is 6.13. The molecule has 1 fully saturated rings. The van der Waals surface area contributed by atoms with Gasteiger partial charge in [0, 0.05) is 62.7 Å². The van der Waals surface area contributed by atoms with Crippen LogP contribution < -0.4 is 5.22 Å². The molecular weight excluding hydrogens is 560 g/mol. The van der Waals surface area contributed by atoms with Crippen LogP contribution in [-0.2, 0) is 27.7 Å². The Morgan fingerprint density at radius 2 is 1.80 bits per heavy atom. The molecule has 1 saturated heterocycles. The number of hydrogen-bond donors (Lipinski definition) is 1. The van der Waals surface area contributed by atoms with E-state index in [0.717, 1.165) is 57.9 Å². The lowest BCUT2D eigenvalue weighted by atomic mass is 9.67. The SMILES string of the molecule is C1=Cc2cc3nc(cc4c5ccccc5[nH]c34)c2=CO1.CC(=O)C1=COC[C@@H]2[C@H]1C[C@H]1c3c(c4ccccc4n3C)C[C@@H]2N1C. The molecule has 8 heterocycles. The predicted octanol–water partition coefficient (Wildman–Crippen LogP) is 6.54. The van der Waals surface area contributed by atoms with Gasteiger partial charge in [-0.15, -0.1) is 0 Å². The van der Waals surface area contributed by atoms with Crippen molar-refractivity contribution in [3.05, 3.63) is 101 Å². The Labute approximate surface area is 260 Å². The van der Waals surface area contributed by atoms with Gasteiger partial charge in [0.1, 0.15) is 6.26 Å². The molecule has 4 bridgehead atoms. The number of Topliss-reactive ketones (excluding diaryl/α,β-unsaturated/α-hetero) is 1. The molecule has 7 heteroatoms. The van der Waals surface area contributed by atoms with E-state index in [1.165, 1.54) is 32.9 Å². The third kappa shape index (κ3) is 3.86. The molecule has 0 radical (unpaired) electrons. The third-order valence-corrected chi connectivity index (χ3v) is 10.7. The van der Waals surface area contributed by atoms with Crippen molar-refractivity contribution in [2.45, 2.75) is 31.8 Å². The van der Waals surface area contributed by atoms with Gasteiger partial charge in [0.25, 0.3) is 0 Å². The summed E-state index contributed by atoms with van der Waals surface area (Å²) in [5.74, 6) is 0.885. The molecule has 6 aromatic rings. The molecule has 10 rings (SSSR count). The predicted molar refractivity (Wildman–Crippen MR) is 178 cm³/mol. The number of aromatic amines is 1. The molecular formula is C38H34N4O3. The van der Waals surface area contributed by atoms with Gasteiger partial charge in [-0.1, -0.05) is 36.4 Å². The maximum atomic E-state index is 12.1. The van der Waals surface area contributed by atoms with Crippen molar-refractivity contribution in [1.29, 1.82) is 0 Å². The average Bonchev–Trinajstić information content (AvgIpc) is 3.57. The zero-order valence-corrected chi connectivity index (χ0v) is 25.6. The lowest BCUT2D eigenvalue weighted by Crippen LogP contribution is -2.55. The highest BCUT2D eigenvalue weighted by atomic mass is 16.5. The number of piperidine rings is 1.